The summed E-state index contributed by atoms with van der Waals surface area (Å²) in [5.74, 6) is -0.310. The Morgan fingerprint density at radius 3 is 2.61 bits per heavy atom. The molecule has 0 saturated heterocycles. The molecule has 0 aliphatic rings. The Labute approximate surface area is 120 Å². The van der Waals surface area contributed by atoms with Crippen LogP contribution >= 0.6 is 27.5 Å². The molecule has 5 heteroatoms. The summed E-state index contributed by atoms with van der Waals surface area (Å²) < 4.78 is 0.817. The van der Waals surface area contributed by atoms with Gasteiger partial charge in [-0.1, -0.05) is 41.4 Å². The monoisotopic (exact) mass is 328 g/mol. The fourth-order valence-electron chi connectivity index (χ4n) is 1.62. The zero-order valence-electron chi connectivity index (χ0n) is 10.3. The molecular weight excluding hydrogens is 316 g/mol. The number of rotatable bonds is 4. The lowest BCUT2D eigenvalue weighted by Crippen LogP contribution is -2.34. The van der Waals surface area contributed by atoms with Crippen LogP contribution in [0.5, 0.6) is 0 Å². The zero-order valence-corrected chi connectivity index (χ0v) is 12.6. The van der Waals surface area contributed by atoms with E-state index >= 15 is 0 Å². The predicted molar refractivity (Wildman–Crippen MR) is 76.4 cm³/mol. The first-order valence-corrected chi connectivity index (χ1v) is 6.84. The van der Waals surface area contributed by atoms with Crippen molar-refractivity contribution < 1.29 is 4.79 Å². The van der Waals surface area contributed by atoms with Gasteiger partial charge in [-0.25, -0.2) is 0 Å². The summed E-state index contributed by atoms with van der Waals surface area (Å²) in [5, 5.41) is 12.4. The van der Waals surface area contributed by atoms with E-state index in [4.69, 9.17) is 11.6 Å². The average molecular weight is 330 g/mol. The molecule has 1 rings (SSSR count). The normalized spacial score (nSPS) is 10.8. The third-order valence-electron chi connectivity index (χ3n) is 3.03. The highest BCUT2D eigenvalue weighted by Gasteiger charge is 2.35. The summed E-state index contributed by atoms with van der Waals surface area (Å²) in [6.07, 6.45) is 0.939. The van der Waals surface area contributed by atoms with Crippen molar-refractivity contribution in [1.29, 1.82) is 5.26 Å². The fraction of sp³-hybridized carbons (Fsp3) is 0.385. The Morgan fingerprint density at radius 2 is 2.11 bits per heavy atom. The molecule has 1 amide bonds. The molecule has 1 aromatic carbocycles. The van der Waals surface area contributed by atoms with Gasteiger partial charge in [-0.05, 0) is 31.0 Å². The van der Waals surface area contributed by atoms with Crippen molar-refractivity contribution in [1.82, 2.24) is 0 Å². The van der Waals surface area contributed by atoms with E-state index in [0.29, 0.717) is 23.6 Å². The van der Waals surface area contributed by atoms with Crippen LogP contribution in [-0.2, 0) is 4.79 Å². The van der Waals surface area contributed by atoms with Crippen LogP contribution in [0, 0.1) is 16.7 Å². The molecule has 3 nitrogen and oxygen atoms in total. The molecule has 0 radical (unpaired) electrons. The Bertz CT molecular complexity index is 492. The maximum atomic E-state index is 12.2. The summed E-state index contributed by atoms with van der Waals surface area (Å²) in [7, 11) is 0. The number of anilines is 1. The van der Waals surface area contributed by atoms with E-state index in [1.165, 1.54) is 0 Å². The largest absolute Gasteiger partial charge is 0.323 e. The maximum absolute atomic E-state index is 12.2. The van der Waals surface area contributed by atoms with Gasteiger partial charge in [0.15, 0.2) is 0 Å². The molecule has 0 spiro atoms. The highest BCUT2D eigenvalue weighted by atomic mass is 79.9. The molecule has 0 atom stereocenters. The second kappa shape index (κ2) is 6.21. The summed E-state index contributed by atoms with van der Waals surface area (Å²) in [6.45, 7) is 3.66. The number of hydrogen-bond acceptors (Lipinski definition) is 2. The Hall–Kier alpha value is -1.05. The van der Waals surface area contributed by atoms with Crippen LogP contribution in [0.1, 0.15) is 26.7 Å². The van der Waals surface area contributed by atoms with Crippen LogP contribution in [0.15, 0.2) is 22.7 Å². The summed E-state index contributed by atoms with van der Waals surface area (Å²) in [6, 6.07) is 7.29. The predicted octanol–water partition coefficient (Wildman–Crippen LogP) is 4.37. The van der Waals surface area contributed by atoms with E-state index in [2.05, 4.69) is 27.3 Å². The lowest BCUT2D eigenvalue weighted by Gasteiger charge is -2.22. The van der Waals surface area contributed by atoms with Crippen molar-refractivity contribution in [3.05, 3.63) is 27.7 Å². The van der Waals surface area contributed by atoms with Crippen LogP contribution in [0.25, 0.3) is 0 Å². The number of carbonyl (C=O) groups is 1. The molecule has 0 fully saturated rings. The van der Waals surface area contributed by atoms with Crippen molar-refractivity contribution in [2.24, 2.45) is 5.41 Å². The van der Waals surface area contributed by atoms with Gasteiger partial charge in [-0.15, -0.1) is 0 Å². The Morgan fingerprint density at radius 1 is 1.50 bits per heavy atom. The first-order chi connectivity index (χ1) is 8.49. The lowest BCUT2D eigenvalue weighted by atomic mass is 9.83. The van der Waals surface area contributed by atoms with Crippen LogP contribution < -0.4 is 5.32 Å². The first kappa shape index (κ1) is 15.0. The standard InChI is InChI=1S/C13H14BrClN2O/c1-3-13(4-2,8-16)12(18)17-11-7-9(14)5-6-10(11)15/h5-7H,3-4H2,1-2H3,(H,17,18). The molecule has 1 N–H and O–H groups in total. The van der Waals surface area contributed by atoms with E-state index in [-0.39, 0.29) is 5.91 Å². The SMILES string of the molecule is CCC(C#N)(CC)C(=O)Nc1cc(Br)ccc1Cl. The van der Waals surface area contributed by atoms with Crippen molar-refractivity contribution in [3.8, 4) is 6.07 Å². The van der Waals surface area contributed by atoms with Gasteiger partial charge in [0.05, 0.1) is 16.8 Å². The number of amides is 1. The first-order valence-electron chi connectivity index (χ1n) is 5.67. The van der Waals surface area contributed by atoms with Gasteiger partial charge in [-0.2, -0.15) is 5.26 Å². The maximum Gasteiger partial charge on any atom is 0.244 e. The van der Waals surface area contributed by atoms with Crippen LogP contribution in [0.3, 0.4) is 0 Å². The summed E-state index contributed by atoms with van der Waals surface area (Å²) in [4.78, 5) is 12.2. The Kier molecular flexibility index (Phi) is 5.18. The molecular formula is C13H14BrClN2O. The van der Waals surface area contributed by atoms with Crippen LogP contribution in [-0.4, -0.2) is 5.91 Å². The number of nitrogens with zero attached hydrogens (tertiary/aromatic N) is 1. The van der Waals surface area contributed by atoms with Gasteiger partial charge in [-0.3, -0.25) is 4.79 Å². The van der Waals surface area contributed by atoms with Gasteiger partial charge in [0.25, 0.3) is 0 Å². The quantitative estimate of drug-likeness (QED) is 0.891. The third kappa shape index (κ3) is 3.04. The highest BCUT2D eigenvalue weighted by molar-refractivity contribution is 9.10. The molecule has 1 aromatic rings. The topological polar surface area (TPSA) is 52.9 Å². The lowest BCUT2D eigenvalue weighted by molar-refractivity contribution is -0.123. The van der Waals surface area contributed by atoms with E-state index in [9.17, 15) is 10.1 Å². The number of nitriles is 1. The highest BCUT2D eigenvalue weighted by Crippen LogP contribution is 2.30. The zero-order chi connectivity index (χ0) is 13.8. The molecule has 0 aliphatic carbocycles. The van der Waals surface area contributed by atoms with Crippen LogP contribution in [0.4, 0.5) is 5.69 Å². The minimum Gasteiger partial charge on any atom is -0.323 e. The van der Waals surface area contributed by atoms with Crippen LogP contribution in [0.2, 0.25) is 5.02 Å². The minimum atomic E-state index is -0.994. The van der Waals surface area contributed by atoms with Gasteiger partial charge in [0.1, 0.15) is 5.41 Å². The van der Waals surface area contributed by atoms with Gasteiger partial charge in [0, 0.05) is 4.47 Å². The van der Waals surface area contributed by atoms with Crippen molar-refractivity contribution in [2.75, 3.05) is 5.32 Å². The molecule has 18 heavy (non-hydrogen) atoms. The third-order valence-corrected chi connectivity index (χ3v) is 3.86. The van der Waals surface area contributed by atoms with Gasteiger partial charge >= 0.3 is 0 Å². The van der Waals surface area contributed by atoms with E-state index in [0.717, 1.165) is 4.47 Å². The van der Waals surface area contributed by atoms with E-state index < -0.39 is 5.41 Å². The molecule has 0 bridgehead atoms. The van der Waals surface area contributed by atoms with E-state index in [1.807, 2.05) is 13.8 Å². The fourth-order valence-corrected chi connectivity index (χ4v) is 2.14. The molecule has 0 unspecified atom stereocenters. The molecule has 0 aromatic heterocycles. The second-order valence-corrected chi connectivity index (χ2v) is 5.30. The second-order valence-electron chi connectivity index (χ2n) is 3.98. The van der Waals surface area contributed by atoms with Gasteiger partial charge < -0.3 is 5.32 Å². The minimum absolute atomic E-state index is 0.310. The number of carbonyl (C=O) groups excluding carboxylic acids is 1. The number of hydrogen-bond donors (Lipinski definition) is 1. The average Bonchev–Trinajstić information content (AvgIpc) is 2.37. The number of nitrogens with one attached hydrogen (secondary N) is 1. The Balaban J connectivity index is 3.01. The van der Waals surface area contributed by atoms with Crippen molar-refractivity contribution in [3.63, 3.8) is 0 Å². The van der Waals surface area contributed by atoms with Crippen molar-refractivity contribution in [2.45, 2.75) is 26.7 Å². The molecule has 96 valence electrons. The summed E-state index contributed by atoms with van der Waals surface area (Å²) >= 11 is 9.31. The number of halogens is 2. The molecule has 0 aliphatic heterocycles. The van der Waals surface area contributed by atoms with E-state index in [1.54, 1.807) is 18.2 Å². The molecule has 0 heterocycles. The molecule has 0 saturated carbocycles. The summed E-state index contributed by atoms with van der Waals surface area (Å²) in [5.41, 5.74) is -0.483. The number of benzene rings is 1. The smallest absolute Gasteiger partial charge is 0.244 e. The van der Waals surface area contributed by atoms with Crippen molar-refractivity contribution >= 4 is 39.1 Å². The van der Waals surface area contributed by atoms with Gasteiger partial charge in [0.2, 0.25) is 5.91 Å².